The number of nitrogens with one attached hydrogen (secondary N) is 1. The maximum absolute atomic E-state index is 5.47. The summed E-state index contributed by atoms with van der Waals surface area (Å²) in [4.78, 5) is 0. The van der Waals surface area contributed by atoms with Crippen LogP contribution < -0.4 is 11.2 Å². The van der Waals surface area contributed by atoms with E-state index in [9.17, 15) is 0 Å². The monoisotopic (exact) mass is 233 g/mol. The minimum Gasteiger partial charge on any atom is -0.375 e. The lowest BCUT2D eigenvalue weighted by Crippen LogP contribution is -2.44. The molecule has 0 radical (unpaired) electrons. The van der Waals surface area contributed by atoms with E-state index in [1.807, 2.05) is 0 Å². The lowest BCUT2D eigenvalue weighted by Gasteiger charge is -2.44. The van der Waals surface area contributed by atoms with Gasteiger partial charge in [0.2, 0.25) is 0 Å². The third-order valence-corrected chi connectivity index (χ3v) is 6.43. The minimum absolute atomic E-state index is 0.311. The second-order valence-electron chi connectivity index (χ2n) is 6.35. The average Bonchev–Trinajstić information content (AvgIpc) is 2.72. The first-order chi connectivity index (χ1) is 7.77. The van der Waals surface area contributed by atoms with E-state index in [1.54, 1.807) is 0 Å². The number of thiocarbonyl (C=S) groups is 1. The molecular weight excluding hydrogens is 218 g/mol. The van der Waals surface area contributed by atoms with Crippen LogP contribution in [0.4, 0.5) is 0 Å². The average molecular weight is 233 g/mol. The van der Waals surface area contributed by atoms with Gasteiger partial charge in [-0.25, -0.2) is 0 Å². The van der Waals surface area contributed by atoms with Gasteiger partial charge in [0.05, 0.1) is 0 Å². The predicted octanol–water partition coefficient (Wildman–Crippen LogP) is 0.953. The third-order valence-electron chi connectivity index (χ3n) is 6.34. The summed E-state index contributed by atoms with van der Waals surface area (Å²) in [6.07, 6.45) is 3.01. The molecule has 0 aliphatic heterocycles. The molecule has 5 saturated carbocycles. The Bertz CT molecular complexity index is 440. The van der Waals surface area contributed by atoms with E-state index in [2.05, 4.69) is 10.5 Å². The van der Waals surface area contributed by atoms with Crippen LogP contribution in [-0.4, -0.2) is 10.8 Å². The first kappa shape index (κ1) is 8.45. The Balaban J connectivity index is 1.60. The van der Waals surface area contributed by atoms with E-state index >= 15 is 0 Å². The zero-order valence-corrected chi connectivity index (χ0v) is 9.78. The van der Waals surface area contributed by atoms with E-state index in [1.165, 1.54) is 18.6 Å². The standard InChI is InChI=1S/C12H15N3S/c13-12(16)15-14-11-8-4-2-5-7-3(4)1-6(8)9(7)10(5)11/h3-10H,1-2H2,(H3,13,15,16)/b14-11-/t3-,4-,5+,6+,7-,8-,9-,10-/m1/s1. The molecule has 84 valence electrons. The smallest absolute Gasteiger partial charge is 0.184 e. The predicted molar refractivity (Wildman–Crippen MR) is 64.5 cm³/mol. The summed E-state index contributed by atoms with van der Waals surface area (Å²) in [6, 6.07) is 0. The molecule has 5 aliphatic rings. The summed E-state index contributed by atoms with van der Waals surface area (Å²) in [6.45, 7) is 0. The van der Waals surface area contributed by atoms with Gasteiger partial charge in [-0.15, -0.1) is 0 Å². The molecule has 0 aromatic rings. The topological polar surface area (TPSA) is 50.4 Å². The number of fused-ring (bicyclic) bond motifs is 2. The highest BCUT2D eigenvalue weighted by Gasteiger charge is 2.79. The Morgan fingerprint density at radius 3 is 2.69 bits per heavy atom. The highest BCUT2D eigenvalue weighted by atomic mass is 32.1. The van der Waals surface area contributed by atoms with Gasteiger partial charge in [-0.1, -0.05) is 0 Å². The maximum Gasteiger partial charge on any atom is 0.184 e. The number of hydrazone groups is 1. The molecule has 3 nitrogen and oxygen atoms in total. The molecule has 0 heterocycles. The van der Waals surface area contributed by atoms with E-state index in [0.29, 0.717) is 5.11 Å². The van der Waals surface area contributed by atoms with Crippen LogP contribution in [0.3, 0.4) is 0 Å². The summed E-state index contributed by atoms with van der Waals surface area (Å²) in [5, 5.41) is 4.85. The molecule has 8 atom stereocenters. The molecule has 5 fully saturated rings. The van der Waals surface area contributed by atoms with Crippen molar-refractivity contribution < 1.29 is 0 Å². The molecule has 0 spiro atoms. The van der Waals surface area contributed by atoms with Crippen LogP contribution in [0.2, 0.25) is 0 Å². The molecule has 5 aliphatic carbocycles. The fourth-order valence-electron chi connectivity index (χ4n) is 6.40. The molecule has 0 amide bonds. The van der Waals surface area contributed by atoms with Gasteiger partial charge < -0.3 is 5.73 Å². The molecule has 16 heavy (non-hydrogen) atoms. The lowest BCUT2D eigenvalue weighted by atomic mass is 9.59. The maximum atomic E-state index is 5.47. The molecule has 5 rings (SSSR count). The van der Waals surface area contributed by atoms with E-state index in [4.69, 9.17) is 18.0 Å². The van der Waals surface area contributed by atoms with Crippen molar-refractivity contribution in [1.29, 1.82) is 0 Å². The highest BCUT2D eigenvalue weighted by molar-refractivity contribution is 7.80. The van der Waals surface area contributed by atoms with E-state index in [-0.39, 0.29) is 0 Å². The second kappa shape index (κ2) is 2.30. The summed E-state index contributed by atoms with van der Waals surface area (Å²) in [5.41, 5.74) is 9.75. The van der Waals surface area contributed by atoms with Crippen LogP contribution >= 0.6 is 12.2 Å². The van der Waals surface area contributed by atoms with Crippen LogP contribution in [0.1, 0.15) is 12.8 Å². The van der Waals surface area contributed by atoms with Crippen molar-refractivity contribution in [1.82, 2.24) is 5.43 Å². The van der Waals surface area contributed by atoms with Gasteiger partial charge in [-0.2, -0.15) is 5.10 Å². The van der Waals surface area contributed by atoms with Crippen LogP contribution in [0.5, 0.6) is 0 Å². The molecule has 2 bridgehead atoms. The van der Waals surface area contributed by atoms with Crippen LogP contribution in [0.25, 0.3) is 0 Å². The van der Waals surface area contributed by atoms with Crippen molar-refractivity contribution in [3.8, 4) is 0 Å². The van der Waals surface area contributed by atoms with Crippen molar-refractivity contribution in [3.05, 3.63) is 0 Å². The summed E-state index contributed by atoms with van der Waals surface area (Å²) >= 11 is 4.84. The largest absolute Gasteiger partial charge is 0.375 e. The molecule has 3 N–H and O–H groups in total. The zero-order valence-electron chi connectivity index (χ0n) is 8.97. The summed E-state index contributed by atoms with van der Waals surface area (Å²) in [7, 11) is 0. The first-order valence-corrected chi connectivity index (χ1v) is 6.81. The molecule has 0 aromatic carbocycles. The molecule has 0 saturated heterocycles. The zero-order chi connectivity index (χ0) is 10.6. The quantitative estimate of drug-likeness (QED) is 0.524. The van der Waals surface area contributed by atoms with E-state index < -0.39 is 0 Å². The van der Waals surface area contributed by atoms with Crippen molar-refractivity contribution in [2.24, 2.45) is 58.2 Å². The Morgan fingerprint density at radius 1 is 1.12 bits per heavy atom. The van der Waals surface area contributed by atoms with Gasteiger partial charge in [-0.05, 0) is 60.6 Å². The van der Waals surface area contributed by atoms with Crippen LogP contribution in [0, 0.1) is 47.3 Å². The SMILES string of the molecule is NC(=S)N/N=C1/[C@@H]2[C@@H]3C[C@@H]4[C@@H]1[C@@H]1[C@H]2C[C@H]3[C@H]41. The van der Waals surface area contributed by atoms with Gasteiger partial charge in [0, 0.05) is 17.5 Å². The highest BCUT2D eigenvalue weighted by Crippen LogP contribution is 2.81. The number of hydrogen-bond donors (Lipinski definition) is 2. The van der Waals surface area contributed by atoms with Crippen LogP contribution in [-0.2, 0) is 0 Å². The number of nitrogens with two attached hydrogens (primary N) is 1. The van der Waals surface area contributed by atoms with Crippen molar-refractivity contribution in [2.75, 3.05) is 0 Å². The minimum atomic E-state index is 0.311. The van der Waals surface area contributed by atoms with Crippen molar-refractivity contribution in [3.63, 3.8) is 0 Å². The molecule has 4 heteroatoms. The van der Waals surface area contributed by atoms with Crippen molar-refractivity contribution in [2.45, 2.75) is 12.8 Å². The number of nitrogens with zero attached hydrogens (tertiary/aromatic N) is 1. The fourth-order valence-corrected chi connectivity index (χ4v) is 6.45. The Morgan fingerprint density at radius 2 is 1.88 bits per heavy atom. The lowest BCUT2D eigenvalue weighted by molar-refractivity contribution is 0.0503. The Hall–Kier alpha value is -0.640. The fraction of sp³-hybridized carbons (Fsp3) is 0.833. The number of hydrogen-bond acceptors (Lipinski definition) is 2. The summed E-state index contributed by atoms with van der Waals surface area (Å²) in [5.74, 6) is 7.72. The van der Waals surface area contributed by atoms with Gasteiger partial charge in [0.1, 0.15) is 0 Å². The van der Waals surface area contributed by atoms with Crippen LogP contribution in [0.15, 0.2) is 5.10 Å². The second-order valence-corrected chi connectivity index (χ2v) is 6.79. The van der Waals surface area contributed by atoms with Gasteiger partial charge >= 0.3 is 0 Å². The normalized spacial score (nSPS) is 64.4. The van der Waals surface area contributed by atoms with Crippen molar-refractivity contribution >= 4 is 23.0 Å². The molecular formula is C12H15N3S. The first-order valence-electron chi connectivity index (χ1n) is 6.40. The molecule has 0 aromatic heterocycles. The Kier molecular flexibility index (Phi) is 1.22. The molecule has 0 unspecified atom stereocenters. The summed E-state index contributed by atoms with van der Waals surface area (Å²) < 4.78 is 0. The van der Waals surface area contributed by atoms with Gasteiger partial charge in [0.25, 0.3) is 0 Å². The van der Waals surface area contributed by atoms with E-state index in [0.717, 1.165) is 47.3 Å². The Labute approximate surface area is 99.8 Å². The van der Waals surface area contributed by atoms with Gasteiger partial charge in [0.15, 0.2) is 5.11 Å². The van der Waals surface area contributed by atoms with Gasteiger partial charge in [-0.3, -0.25) is 5.43 Å². The number of rotatable bonds is 1. The third kappa shape index (κ3) is 0.643.